The number of aryl methyl sites for hydroxylation is 1. The average Bonchev–Trinajstić information content (AvgIpc) is 3.14. The summed E-state index contributed by atoms with van der Waals surface area (Å²) in [6.07, 6.45) is 1.45. The topological polar surface area (TPSA) is 72.1 Å². The van der Waals surface area contributed by atoms with E-state index in [2.05, 4.69) is 33.5 Å². The van der Waals surface area contributed by atoms with Crippen molar-refractivity contribution in [3.63, 3.8) is 0 Å². The molecule has 26 heavy (non-hydrogen) atoms. The Hall–Kier alpha value is -2.73. The van der Waals surface area contributed by atoms with Crippen LogP contribution in [-0.2, 0) is 13.2 Å². The number of aromatic nitrogens is 3. The fourth-order valence-corrected chi connectivity index (χ4v) is 2.81. The summed E-state index contributed by atoms with van der Waals surface area (Å²) in [5, 5.41) is 10.2. The molecule has 1 aromatic heterocycles. The van der Waals surface area contributed by atoms with Crippen LogP contribution >= 0.6 is 11.6 Å². The number of rotatable bonds is 8. The Bertz CT molecular complexity index is 853. The van der Waals surface area contributed by atoms with Gasteiger partial charge in [0.25, 0.3) is 0 Å². The fourth-order valence-electron chi connectivity index (χ4n) is 2.52. The second-order valence-electron chi connectivity index (χ2n) is 5.74. The van der Waals surface area contributed by atoms with Gasteiger partial charge in [-0.2, -0.15) is 5.10 Å². The predicted molar refractivity (Wildman–Crippen MR) is 102 cm³/mol. The number of anilines is 1. The van der Waals surface area contributed by atoms with Gasteiger partial charge in [0, 0.05) is 6.54 Å². The molecule has 3 rings (SSSR count). The molecular formula is C19H21ClN4O2. The van der Waals surface area contributed by atoms with Crippen LogP contribution in [0.15, 0.2) is 42.7 Å². The molecule has 1 heterocycles. The van der Waals surface area contributed by atoms with Crippen LogP contribution in [0.4, 0.5) is 5.95 Å². The van der Waals surface area contributed by atoms with Gasteiger partial charge in [-0.25, -0.2) is 10.1 Å². The zero-order valence-corrected chi connectivity index (χ0v) is 15.5. The molecule has 0 fully saturated rings. The van der Waals surface area contributed by atoms with E-state index in [1.54, 1.807) is 0 Å². The number of hydrogen-bond acceptors (Lipinski definition) is 5. The molecule has 2 N–H and O–H groups in total. The van der Waals surface area contributed by atoms with Crippen molar-refractivity contribution in [2.75, 3.05) is 11.9 Å². The monoisotopic (exact) mass is 372 g/mol. The van der Waals surface area contributed by atoms with E-state index < -0.39 is 0 Å². The number of aromatic amines is 1. The van der Waals surface area contributed by atoms with E-state index in [1.165, 1.54) is 11.9 Å². The summed E-state index contributed by atoms with van der Waals surface area (Å²) in [4.78, 5) is 4.03. The van der Waals surface area contributed by atoms with Gasteiger partial charge in [-0.3, -0.25) is 0 Å². The molecule has 136 valence electrons. The average molecular weight is 373 g/mol. The molecule has 0 unspecified atom stereocenters. The van der Waals surface area contributed by atoms with Crippen LogP contribution in [-0.4, -0.2) is 21.8 Å². The molecule has 0 aliphatic carbocycles. The summed E-state index contributed by atoms with van der Waals surface area (Å²) >= 11 is 6.47. The third-order valence-corrected chi connectivity index (χ3v) is 4.16. The highest BCUT2D eigenvalue weighted by Gasteiger charge is 2.13. The molecule has 0 amide bonds. The molecule has 0 radical (unpaired) electrons. The number of H-pyrrole nitrogens is 1. The molecule has 7 heteroatoms. The molecule has 0 spiro atoms. The second kappa shape index (κ2) is 8.58. The smallest absolute Gasteiger partial charge is 0.218 e. The maximum Gasteiger partial charge on any atom is 0.218 e. The van der Waals surface area contributed by atoms with Crippen molar-refractivity contribution < 1.29 is 9.47 Å². The minimum Gasteiger partial charge on any atom is -0.490 e. The van der Waals surface area contributed by atoms with E-state index >= 15 is 0 Å². The van der Waals surface area contributed by atoms with Gasteiger partial charge in [0.15, 0.2) is 11.5 Å². The highest BCUT2D eigenvalue weighted by atomic mass is 35.5. The van der Waals surface area contributed by atoms with Crippen molar-refractivity contribution in [2.45, 2.75) is 27.0 Å². The lowest BCUT2D eigenvalue weighted by atomic mass is 10.1. The number of hydrogen-bond donors (Lipinski definition) is 2. The van der Waals surface area contributed by atoms with E-state index in [-0.39, 0.29) is 0 Å². The molecule has 0 saturated heterocycles. The lowest BCUT2D eigenvalue weighted by molar-refractivity contribution is 0.269. The van der Waals surface area contributed by atoms with Crippen LogP contribution in [0.5, 0.6) is 11.5 Å². The van der Waals surface area contributed by atoms with Crippen LogP contribution in [0.3, 0.4) is 0 Å². The van der Waals surface area contributed by atoms with E-state index in [9.17, 15) is 0 Å². The first-order valence-corrected chi connectivity index (χ1v) is 8.77. The predicted octanol–water partition coefficient (Wildman–Crippen LogP) is 4.36. The maximum atomic E-state index is 6.47. The van der Waals surface area contributed by atoms with Crippen molar-refractivity contribution >= 4 is 17.5 Å². The minimum absolute atomic E-state index is 0.433. The Kier molecular flexibility index (Phi) is 5.96. The number of ether oxygens (including phenoxy) is 2. The van der Waals surface area contributed by atoms with Gasteiger partial charge >= 0.3 is 0 Å². The Morgan fingerprint density at radius 3 is 2.77 bits per heavy atom. The summed E-state index contributed by atoms with van der Waals surface area (Å²) in [5.41, 5.74) is 3.25. The third-order valence-electron chi connectivity index (χ3n) is 3.88. The molecule has 0 bridgehead atoms. The first-order valence-electron chi connectivity index (χ1n) is 8.39. The van der Waals surface area contributed by atoms with Crippen LogP contribution in [0.2, 0.25) is 5.02 Å². The lowest BCUT2D eigenvalue weighted by Crippen LogP contribution is -2.05. The van der Waals surface area contributed by atoms with Crippen LogP contribution < -0.4 is 14.8 Å². The Morgan fingerprint density at radius 2 is 2.04 bits per heavy atom. The SMILES string of the molecule is CCOc1cc(CNc2ncn[nH]2)cc(Cl)c1OCc1ccccc1C. The zero-order chi connectivity index (χ0) is 18.4. The summed E-state index contributed by atoms with van der Waals surface area (Å²) in [6, 6.07) is 11.9. The number of nitrogens with zero attached hydrogens (tertiary/aromatic N) is 2. The van der Waals surface area contributed by atoms with E-state index in [0.29, 0.717) is 42.2 Å². The number of benzene rings is 2. The van der Waals surface area contributed by atoms with Gasteiger partial charge in [0.1, 0.15) is 12.9 Å². The standard InChI is InChI=1S/C19H21ClN4O2/c1-3-25-17-9-14(10-21-19-22-12-23-24-19)8-16(20)18(17)26-11-15-7-5-4-6-13(15)2/h4-9,12H,3,10-11H2,1-2H3,(H2,21,22,23,24). The van der Waals surface area contributed by atoms with Crippen molar-refractivity contribution in [3.8, 4) is 11.5 Å². The summed E-state index contributed by atoms with van der Waals surface area (Å²) < 4.78 is 11.7. The van der Waals surface area contributed by atoms with Crippen LogP contribution in [0.25, 0.3) is 0 Å². The molecular weight excluding hydrogens is 352 g/mol. The van der Waals surface area contributed by atoms with Crippen LogP contribution in [0.1, 0.15) is 23.6 Å². The van der Waals surface area contributed by atoms with E-state index in [4.69, 9.17) is 21.1 Å². The van der Waals surface area contributed by atoms with Crippen molar-refractivity contribution in [3.05, 3.63) is 64.4 Å². The summed E-state index contributed by atoms with van der Waals surface area (Å²) in [6.45, 7) is 5.48. The zero-order valence-electron chi connectivity index (χ0n) is 14.8. The highest BCUT2D eigenvalue weighted by Crippen LogP contribution is 2.37. The quantitative estimate of drug-likeness (QED) is 0.614. The van der Waals surface area contributed by atoms with Gasteiger partial charge in [0.05, 0.1) is 11.6 Å². The van der Waals surface area contributed by atoms with E-state index in [1.807, 2.05) is 37.3 Å². The Balaban J connectivity index is 1.76. The second-order valence-corrected chi connectivity index (χ2v) is 6.15. The number of nitrogens with one attached hydrogen (secondary N) is 2. The Morgan fingerprint density at radius 1 is 1.19 bits per heavy atom. The maximum absolute atomic E-state index is 6.47. The largest absolute Gasteiger partial charge is 0.490 e. The normalized spacial score (nSPS) is 10.6. The Labute approximate surface area is 157 Å². The van der Waals surface area contributed by atoms with Crippen molar-refractivity contribution in [1.82, 2.24) is 15.2 Å². The molecule has 0 aliphatic heterocycles. The minimum atomic E-state index is 0.433. The first kappa shape index (κ1) is 18.1. The van der Waals surface area contributed by atoms with E-state index in [0.717, 1.165) is 11.1 Å². The van der Waals surface area contributed by atoms with Gasteiger partial charge < -0.3 is 14.8 Å². The van der Waals surface area contributed by atoms with Crippen molar-refractivity contribution in [2.24, 2.45) is 0 Å². The highest BCUT2D eigenvalue weighted by molar-refractivity contribution is 6.32. The third kappa shape index (κ3) is 4.46. The molecule has 0 saturated carbocycles. The van der Waals surface area contributed by atoms with Gasteiger partial charge in [-0.15, -0.1) is 0 Å². The van der Waals surface area contributed by atoms with Crippen LogP contribution in [0, 0.1) is 6.92 Å². The molecule has 6 nitrogen and oxygen atoms in total. The van der Waals surface area contributed by atoms with Gasteiger partial charge in [-0.1, -0.05) is 35.9 Å². The molecule has 0 aliphatic rings. The molecule has 0 atom stereocenters. The lowest BCUT2D eigenvalue weighted by Gasteiger charge is -2.16. The molecule has 3 aromatic rings. The van der Waals surface area contributed by atoms with Crippen molar-refractivity contribution in [1.29, 1.82) is 0 Å². The summed E-state index contributed by atoms with van der Waals surface area (Å²) in [5.74, 6) is 1.78. The first-order chi connectivity index (χ1) is 12.7. The van der Waals surface area contributed by atoms with Gasteiger partial charge in [-0.05, 0) is 42.7 Å². The molecule has 2 aromatic carbocycles. The van der Waals surface area contributed by atoms with Gasteiger partial charge in [0.2, 0.25) is 5.95 Å². The fraction of sp³-hybridized carbons (Fsp3) is 0.263. The summed E-state index contributed by atoms with van der Waals surface area (Å²) in [7, 11) is 0. The number of halogens is 1.